The summed E-state index contributed by atoms with van der Waals surface area (Å²) in [5.41, 5.74) is 5.92. The summed E-state index contributed by atoms with van der Waals surface area (Å²) < 4.78 is 7.13. The number of hydrogen-bond acceptors (Lipinski definition) is 6. The standard InChI is InChI=1S/C24H24N4O4S/c1-3-32-24(31)20-18-7-6-8-19(18)33-23(20)25-21(29)22(30)27-26-15(2)16-9-11-17(12-10-16)28-13-4-5-14-28/h4-5,9-14H,3,6-8H2,1-2H3,(H,25,29)(H,27,30). The van der Waals surface area contributed by atoms with Crippen molar-refractivity contribution >= 4 is 39.8 Å². The molecule has 1 aliphatic carbocycles. The molecular weight excluding hydrogens is 440 g/mol. The molecule has 3 aromatic rings. The number of aromatic nitrogens is 1. The number of aryl methyl sites for hydroxylation is 1. The highest BCUT2D eigenvalue weighted by atomic mass is 32.1. The first-order valence-corrected chi connectivity index (χ1v) is 11.5. The van der Waals surface area contributed by atoms with E-state index >= 15 is 0 Å². The molecule has 1 aromatic carbocycles. The average Bonchev–Trinajstić information content (AvgIpc) is 3.55. The van der Waals surface area contributed by atoms with Crippen molar-refractivity contribution in [1.29, 1.82) is 0 Å². The molecule has 2 heterocycles. The van der Waals surface area contributed by atoms with Crippen LogP contribution in [0.4, 0.5) is 5.00 Å². The molecular formula is C24H24N4O4S. The highest BCUT2D eigenvalue weighted by Crippen LogP contribution is 2.39. The SMILES string of the molecule is CCOC(=O)c1c(NC(=O)C(=O)NN=C(C)c2ccc(-n3cccc3)cc2)sc2c1CCC2. The van der Waals surface area contributed by atoms with Gasteiger partial charge in [-0.25, -0.2) is 10.2 Å². The highest BCUT2D eigenvalue weighted by Gasteiger charge is 2.29. The Bertz CT molecular complexity index is 1210. The number of amides is 2. The number of hydrazone groups is 1. The Morgan fingerprint density at radius 3 is 2.52 bits per heavy atom. The second kappa shape index (κ2) is 9.83. The number of hydrogen-bond donors (Lipinski definition) is 2. The molecule has 0 saturated heterocycles. The summed E-state index contributed by atoms with van der Waals surface area (Å²) in [4.78, 5) is 38.3. The molecule has 0 aliphatic heterocycles. The third-order valence-electron chi connectivity index (χ3n) is 5.35. The number of nitrogens with zero attached hydrogens (tertiary/aromatic N) is 2. The maximum atomic E-state index is 12.5. The van der Waals surface area contributed by atoms with Crippen LogP contribution in [0.1, 0.15) is 46.6 Å². The fraction of sp³-hybridized carbons (Fsp3) is 0.250. The molecule has 0 fully saturated rings. The van der Waals surface area contributed by atoms with Crippen LogP contribution < -0.4 is 10.7 Å². The molecule has 8 nitrogen and oxygen atoms in total. The third-order valence-corrected chi connectivity index (χ3v) is 6.55. The maximum absolute atomic E-state index is 12.5. The van der Waals surface area contributed by atoms with Gasteiger partial charge in [0.25, 0.3) is 0 Å². The second-order valence-electron chi connectivity index (χ2n) is 7.51. The van der Waals surface area contributed by atoms with E-state index in [0.717, 1.165) is 41.0 Å². The molecule has 4 rings (SSSR count). The molecule has 2 N–H and O–H groups in total. The van der Waals surface area contributed by atoms with Gasteiger partial charge in [-0.05, 0) is 68.5 Å². The molecule has 1 aliphatic rings. The Morgan fingerprint density at radius 1 is 1.09 bits per heavy atom. The average molecular weight is 465 g/mol. The van der Waals surface area contributed by atoms with Crippen molar-refractivity contribution in [1.82, 2.24) is 9.99 Å². The third kappa shape index (κ3) is 4.88. The van der Waals surface area contributed by atoms with Crippen LogP contribution in [0.25, 0.3) is 5.69 Å². The Balaban J connectivity index is 1.41. The molecule has 33 heavy (non-hydrogen) atoms. The topological polar surface area (TPSA) is 102 Å². The summed E-state index contributed by atoms with van der Waals surface area (Å²) in [6, 6.07) is 11.5. The monoisotopic (exact) mass is 464 g/mol. The Hall–Kier alpha value is -3.72. The van der Waals surface area contributed by atoms with Gasteiger partial charge in [0.2, 0.25) is 0 Å². The fourth-order valence-electron chi connectivity index (χ4n) is 3.70. The number of nitrogens with one attached hydrogen (secondary N) is 2. The van der Waals surface area contributed by atoms with E-state index in [1.54, 1.807) is 13.8 Å². The number of rotatable bonds is 6. The molecule has 2 aromatic heterocycles. The summed E-state index contributed by atoms with van der Waals surface area (Å²) >= 11 is 1.32. The van der Waals surface area contributed by atoms with Gasteiger partial charge >= 0.3 is 17.8 Å². The first-order valence-electron chi connectivity index (χ1n) is 10.7. The number of benzene rings is 1. The van der Waals surface area contributed by atoms with Gasteiger partial charge in [0, 0.05) is 23.0 Å². The lowest BCUT2D eigenvalue weighted by Crippen LogP contribution is -2.33. The molecule has 2 amide bonds. The normalized spacial score (nSPS) is 12.8. The molecule has 0 bridgehead atoms. The molecule has 0 unspecified atom stereocenters. The summed E-state index contributed by atoms with van der Waals surface area (Å²) in [5, 5.41) is 6.95. The lowest BCUT2D eigenvalue weighted by molar-refractivity contribution is -0.136. The zero-order valence-electron chi connectivity index (χ0n) is 18.4. The molecule has 9 heteroatoms. The number of fused-ring (bicyclic) bond motifs is 1. The van der Waals surface area contributed by atoms with E-state index in [9.17, 15) is 14.4 Å². The van der Waals surface area contributed by atoms with Gasteiger partial charge in [-0.1, -0.05) is 12.1 Å². The van der Waals surface area contributed by atoms with E-state index in [1.165, 1.54) is 11.3 Å². The first kappa shape index (κ1) is 22.5. The number of thiophene rings is 1. The number of ether oxygens (including phenoxy) is 1. The van der Waals surface area contributed by atoms with Crippen molar-refractivity contribution in [3.63, 3.8) is 0 Å². The fourth-order valence-corrected chi connectivity index (χ4v) is 4.98. The van der Waals surface area contributed by atoms with Crippen molar-refractivity contribution in [2.75, 3.05) is 11.9 Å². The lowest BCUT2D eigenvalue weighted by Gasteiger charge is -2.08. The summed E-state index contributed by atoms with van der Waals surface area (Å²) in [6.45, 7) is 3.70. The smallest absolute Gasteiger partial charge is 0.341 e. The quantitative estimate of drug-likeness (QED) is 0.251. The molecule has 170 valence electrons. The van der Waals surface area contributed by atoms with Gasteiger partial charge in [0.15, 0.2) is 0 Å². The number of esters is 1. The van der Waals surface area contributed by atoms with Crippen molar-refractivity contribution in [3.8, 4) is 5.69 Å². The predicted molar refractivity (Wildman–Crippen MR) is 127 cm³/mol. The molecule has 0 atom stereocenters. The van der Waals surface area contributed by atoms with Crippen LogP contribution in [0.3, 0.4) is 0 Å². The van der Waals surface area contributed by atoms with E-state index in [4.69, 9.17) is 4.74 Å². The van der Waals surface area contributed by atoms with Crippen LogP contribution in [0, 0.1) is 0 Å². The van der Waals surface area contributed by atoms with Gasteiger partial charge in [-0.2, -0.15) is 5.10 Å². The van der Waals surface area contributed by atoms with Crippen LogP contribution >= 0.6 is 11.3 Å². The van der Waals surface area contributed by atoms with Crippen LogP contribution in [-0.4, -0.2) is 34.7 Å². The van der Waals surface area contributed by atoms with Crippen LogP contribution in [0.15, 0.2) is 53.9 Å². The van der Waals surface area contributed by atoms with E-state index in [1.807, 2.05) is 53.4 Å². The Morgan fingerprint density at radius 2 is 1.82 bits per heavy atom. The summed E-state index contributed by atoms with van der Waals surface area (Å²) in [7, 11) is 0. The summed E-state index contributed by atoms with van der Waals surface area (Å²) in [6.07, 6.45) is 6.47. The van der Waals surface area contributed by atoms with Gasteiger partial charge in [0.05, 0.1) is 17.9 Å². The zero-order chi connectivity index (χ0) is 23.4. The van der Waals surface area contributed by atoms with Crippen LogP contribution in [-0.2, 0) is 27.2 Å². The molecule has 0 spiro atoms. The maximum Gasteiger partial charge on any atom is 0.341 e. The second-order valence-corrected chi connectivity index (χ2v) is 8.62. The summed E-state index contributed by atoms with van der Waals surface area (Å²) in [5.74, 6) is -2.29. The highest BCUT2D eigenvalue weighted by molar-refractivity contribution is 7.17. The number of carbonyl (C=O) groups is 3. The van der Waals surface area contributed by atoms with E-state index < -0.39 is 17.8 Å². The lowest BCUT2D eigenvalue weighted by atomic mass is 10.1. The predicted octanol–water partition coefficient (Wildman–Crippen LogP) is 3.68. The van der Waals surface area contributed by atoms with Gasteiger partial charge in [-0.3, -0.25) is 9.59 Å². The minimum atomic E-state index is -0.915. The van der Waals surface area contributed by atoms with Crippen molar-refractivity contribution < 1.29 is 19.1 Å². The van der Waals surface area contributed by atoms with Crippen molar-refractivity contribution in [3.05, 3.63) is 70.4 Å². The Kier molecular flexibility index (Phi) is 6.69. The number of anilines is 1. The Labute approximate surface area is 195 Å². The van der Waals surface area contributed by atoms with Gasteiger partial charge in [0.1, 0.15) is 5.00 Å². The largest absolute Gasteiger partial charge is 0.462 e. The van der Waals surface area contributed by atoms with E-state index in [-0.39, 0.29) is 6.61 Å². The minimum absolute atomic E-state index is 0.234. The minimum Gasteiger partial charge on any atom is -0.462 e. The van der Waals surface area contributed by atoms with E-state index in [2.05, 4.69) is 15.8 Å². The van der Waals surface area contributed by atoms with Crippen molar-refractivity contribution in [2.24, 2.45) is 5.10 Å². The van der Waals surface area contributed by atoms with Crippen molar-refractivity contribution in [2.45, 2.75) is 33.1 Å². The van der Waals surface area contributed by atoms with Crippen LogP contribution in [0.5, 0.6) is 0 Å². The number of carbonyl (C=O) groups excluding carboxylic acids is 3. The van der Waals surface area contributed by atoms with Crippen LogP contribution in [0.2, 0.25) is 0 Å². The first-order chi connectivity index (χ1) is 16.0. The van der Waals surface area contributed by atoms with Gasteiger partial charge in [-0.15, -0.1) is 11.3 Å². The molecule has 0 radical (unpaired) electrons. The van der Waals surface area contributed by atoms with E-state index in [0.29, 0.717) is 16.3 Å². The molecule has 0 saturated carbocycles. The zero-order valence-corrected chi connectivity index (χ0v) is 19.2. The van der Waals surface area contributed by atoms with Gasteiger partial charge < -0.3 is 14.6 Å².